The van der Waals surface area contributed by atoms with E-state index in [2.05, 4.69) is 9.62 Å². The van der Waals surface area contributed by atoms with Gasteiger partial charge in [-0.2, -0.15) is 9.63 Å². The Bertz CT molecular complexity index is 318. The zero-order chi connectivity index (χ0) is 12.7. The summed E-state index contributed by atoms with van der Waals surface area (Å²) >= 11 is 0. The molecule has 1 rings (SSSR count). The molecule has 0 heterocycles. The van der Waals surface area contributed by atoms with E-state index in [9.17, 15) is 10.0 Å². The lowest BCUT2D eigenvalue weighted by atomic mass is 9.92. The SMILES string of the molecule is COC(=O)/C=C/C=[N+](\[O-])C1(OO)CCCCC1. The molecule has 17 heavy (non-hydrogen) atoms. The molecule has 1 aliphatic carbocycles. The maximum atomic E-state index is 11.8. The van der Waals surface area contributed by atoms with E-state index in [0.717, 1.165) is 31.6 Å². The number of hydrogen-bond donors (Lipinski definition) is 1. The maximum Gasteiger partial charge on any atom is 0.330 e. The van der Waals surface area contributed by atoms with Gasteiger partial charge in [0.2, 0.25) is 0 Å². The highest BCUT2D eigenvalue weighted by molar-refractivity contribution is 5.86. The quantitative estimate of drug-likeness (QED) is 0.118. The number of esters is 1. The molecule has 0 aromatic rings. The molecule has 0 aromatic carbocycles. The average molecular weight is 243 g/mol. The van der Waals surface area contributed by atoms with Crippen LogP contribution in [0.25, 0.3) is 0 Å². The van der Waals surface area contributed by atoms with Crippen molar-refractivity contribution in [2.75, 3.05) is 7.11 Å². The number of methoxy groups -OCH3 is 1. The molecular formula is C11H17NO5. The van der Waals surface area contributed by atoms with Gasteiger partial charge in [-0.3, -0.25) is 0 Å². The molecular weight excluding hydrogens is 226 g/mol. The first kappa shape index (κ1) is 13.7. The van der Waals surface area contributed by atoms with Crippen LogP contribution in [0.2, 0.25) is 0 Å². The molecule has 1 saturated carbocycles. The molecule has 0 aromatic heterocycles. The fourth-order valence-corrected chi connectivity index (χ4v) is 1.86. The van der Waals surface area contributed by atoms with Crippen LogP contribution in [0, 0.1) is 5.21 Å². The van der Waals surface area contributed by atoms with E-state index in [-0.39, 0.29) is 0 Å². The molecule has 0 atom stereocenters. The van der Waals surface area contributed by atoms with Crippen molar-refractivity contribution in [2.24, 2.45) is 0 Å². The number of hydroxylamine groups is 1. The molecule has 1 fully saturated rings. The lowest BCUT2D eigenvalue weighted by Crippen LogP contribution is -2.43. The standard InChI is InChI=1S/C11H17NO5/c1-16-10(13)6-5-9-12(14)11(17-15)7-3-2-4-8-11/h5-6,9,15H,2-4,7-8H2,1H3/b6-5+,12-9-. The first-order chi connectivity index (χ1) is 8.14. The summed E-state index contributed by atoms with van der Waals surface area (Å²) in [6.45, 7) is 0. The Morgan fingerprint density at radius 3 is 2.59 bits per heavy atom. The predicted molar refractivity (Wildman–Crippen MR) is 60.4 cm³/mol. The lowest BCUT2D eigenvalue weighted by Gasteiger charge is -2.31. The van der Waals surface area contributed by atoms with Crippen molar-refractivity contribution in [1.82, 2.24) is 0 Å². The highest BCUT2D eigenvalue weighted by Gasteiger charge is 2.41. The number of rotatable bonds is 4. The second-order valence-electron chi connectivity index (χ2n) is 3.96. The Hall–Kier alpha value is -1.40. The molecule has 0 unspecified atom stereocenters. The van der Waals surface area contributed by atoms with Crippen molar-refractivity contribution >= 4 is 12.2 Å². The number of nitrogens with zero attached hydrogens (tertiary/aromatic N) is 1. The van der Waals surface area contributed by atoms with Crippen LogP contribution in [0.4, 0.5) is 0 Å². The Morgan fingerprint density at radius 1 is 1.41 bits per heavy atom. The van der Waals surface area contributed by atoms with Gasteiger partial charge in [-0.25, -0.2) is 10.1 Å². The van der Waals surface area contributed by atoms with E-state index in [1.165, 1.54) is 13.2 Å². The molecule has 0 amide bonds. The van der Waals surface area contributed by atoms with E-state index >= 15 is 0 Å². The fraction of sp³-hybridized carbons (Fsp3) is 0.636. The molecule has 6 heteroatoms. The third-order valence-corrected chi connectivity index (χ3v) is 2.86. The van der Waals surface area contributed by atoms with Crippen molar-refractivity contribution in [3.63, 3.8) is 0 Å². The van der Waals surface area contributed by atoms with Gasteiger partial charge < -0.3 is 9.94 Å². The van der Waals surface area contributed by atoms with Gasteiger partial charge in [-0.15, -0.1) is 0 Å². The van der Waals surface area contributed by atoms with Gasteiger partial charge in [0.25, 0.3) is 0 Å². The minimum absolute atomic E-state index is 0.468. The van der Waals surface area contributed by atoms with E-state index in [4.69, 9.17) is 5.26 Å². The van der Waals surface area contributed by atoms with Crippen LogP contribution in [-0.4, -0.2) is 35.0 Å². The summed E-state index contributed by atoms with van der Waals surface area (Å²) in [4.78, 5) is 15.1. The summed E-state index contributed by atoms with van der Waals surface area (Å²) in [7, 11) is 1.25. The number of hydrogen-bond acceptors (Lipinski definition) is 5. The molecule has 96 valence electrons. The summed E-state index contributed by atoms with van der Waals surface area (Å²) in [5.74, 6) is -0.544. The van der Waals surface area contributed by atoms with Gasteiger partial charge in [0.05, 0.1) is 7.11 Å². The Kier molecular flexibility index (Phi) is 5.11. The average Bonchev–Trinajstić information content (AvgIpc) is 2.39. The molecule has 1 aliphatic rings. The van der Waals surface area contributed by atoms with E-state index in [1.54, 1.807) is 0 Å². The predicted octanol–water partition coefficient (Wildman–Crippen LogP) is 1.45. The van der Waals surface area contributed by atoms with Gasteiger partial charge in [0, 0.05) is 25.0 Å². The lowest BCUT2D eigenvalue weighted by molar-refractivity contribution is -0.657. The van der Waals surface area contributed by atoms with Gasteiger partial charge in [-0.1, -0.05) is 6.42 Å². The Balaban J connectivity index is 2.71. The van der Waals surface area contributed by atoms with E-state index in [0.29, 0.717) is 17.6 Å². The molecule has 0 spiro atoms. The molecule has 0 radical (unpaired) electrons. The van der Waals surface area contributed by atoms with Crippen LogP contribution < -0.4 is 0 Å². The number of carbonyl (C=O) groups excluding carboxylic acids is 1. The highest BCUT2D eigenvalue weighted by Crippen LogP contribution is 2.31. The molecule has 1 N–H and O–H groups in total. The fourth-order valence-electron chi connectivity index (χ4n) is 1.86. The zero-order valence-electron chi connectivity index (χ0n) is 9.80. The first-order valence-electron chi connectivity index (χ1n) is 5.53. The van der Waals surface area contributed by atoms with Gasteiger partial charge in [-0.05, 0) is 12.8 Å². The maximum absolute atomic E-state index is 11.8. The molecule has 0 bridgehead atoms. The van der Waals surface area contributed by atoms with Crippen LogP contribution in [0.3, 0.4) is 0 Å². The van der Waals surface area contributed by atoms with Crippen molar-refractivity contribution in [2.45, 2.75) is 37.8 Å². The van der Waals surface area contributed by atoms with Gasteiger partial charge in [0.1, 0.15) is 0 Å². The van der Waals surface area contributed by atoms with Gasteiger partial charge in [0.15, 0.2) is 6.21 Å². The van der Waals surface area contributed by atoms with Crippen molar-refractivity contribution in [3.05, 3.63) is 17.4 Å². The third-order valence-electron chi connectivity index (χ3n) is 2.86. The number of carbonyl (C=O) groups is 1. The van der Waals surface area contributed by atoms with Crippen LogP contribution in [0.5, 0.6) is 0 Å². The smallest absolute Gasteiger partial charge is 0.330 e. The monoisotopic (exact) mass is 243 g/mol. The number of allylic oxidation sites excluding steroid dienone is 1. The molecule has 6 nitrogen and oxygen atoms in total. The summed E-state index contributed by atoms with van der Waals surface area (Å²) < 4.78 is 4.93. The molecule has 0 aliphatic heterocycles. The Labute approximate surface area is 99.7 Å². The van der Waals surface area contributed by atoms with Crippen LogP contribution in [0.15, 0.2) is 12.2 Å². The van der Waals surface area contributed by atoms with Crippen molar-refractivity contribution in [1.29, 1.82) is 0 Å². The summed E-state index contributed by atoms with van der Waals surface area (Å²) in [5.41, 5.74) is -1.21. The summed E-state index contributed by atoms with van der Waals surface area (Å²) in [6.07, 6.45) is 7.16. The second kappa shape index (κ2) is 6.36. The normalized spacial score (nSPS) is 20.5. The van der Waals surface area contributed by atoms with Crippen molar-refractivity contribution in [3.8, 4) is 0 Å². The van der Waals surface area contributed by atoms with E-state index in [1.807, 2.05) is 0 Å². The molecule has 0 saturated heterocycles. The minimum Gasteiger partial charge on any atom is -0.622 e. The van der Waals surface area contributed by atoms with Crippen LogP contribution in [-0.2, 0) is 14.4 Å². The zero-order valence-corrected chi connectivity index (χ0v) is 9.80. The summed E-state index contributed by atoms with van der Waals surface area (Å²) in [5, 5.41) is 20.7. The topological polar surface area (TPSA) is 81.8 Å². The van der Waals surface area contributed by atoms with Crippen LogP contribution >= 0.6 is 0 Å². The largest absolute Gasteiger partial charge is 0.622 e. The third kappa shape index (κ3) is 3.54. The highest BCUT2D eigenvalue weighted by atomic mass is 17.1. The first-order valence-corrected chi connectivity index (χ1v) is 5.53. The van der Waals surface area contributed by atoms with E-state index < -0.39 is 11.7 Å². The minimum atomic E-state index is -1.21. The van der Waals surface area contributed by atoms with Gasteiger partial charge >= 0.3 is 11.7 Å². The number of ether oxygens (including phenoxy) is 1. The summed E-state index contributed by atoms with van der Waals surface area (Å²) in [6, 6.07) is 0. The second-order valence-corrected chi connectivity index (χ2v) is 3.96. The van der Waals surface area contributed by atoms with Crippen LogP contribution in [0.1, 0.15) is 32.1 Å². The Morgan fingerprint density at radius 2 is 2.06 bits per heavy atom. The van der Waals surface area contributed by atoms with Crippen molar-refractivity contribution < 1.29 is 24.4 Å².